The lowest BCUT2D eigenvalue weighted by Crippen LogP contribution is -2.35. The fraction of sp³-hybridized carbons (Fsp3) is 0.261. The molecule has 1 aromatic carbocycles. The number of amides is 2. The Morgan fingerprint density at radius 2 is 2.03 bits per heavy atom. The zero-order chi connectivity index (χ0) is 22.6. The molecule has 1 fully saturated rings. The van der Waals surface area contributed by atoms with Crippen LogP contribution in [0.4, 0.5) is 11.5 Å². The fourth-order valence-corrected chi connectivity index (χ4v) is 3.95. The largest absolute Gasteiger partial charge is 0.467 e. The second kappa shape index (κ2) is 9.11. The Labute approximate surface area is 189 Å². The van der Waals surface area contributed by atoms with E-state index in [1.165, 1.54) is 6.33 Å². The van der Waals surface area contributed by atoms with Crippen LogP contribution < -0.4 is 15.5 Å². The van der Waals surface area contributed by atoms with E-state index in [1.54, 1.807) is 22.0 Å². The minimum Gasteiger partial charge on any atom is -0.467 e. The third kappa shape index (κ3) is 4.40. The summed E-state index contributed by atoms with van der Waals surface area (Å²) < 4.78 is 7.07. The van der Waals surface area contributed by atoms with Gasteiger partial charge in [-0.2, -0.15) is 5.10 Å². The Kier molecular flexibility index (Phi) is 5.71. The minimum atomic E-state index is -0.369. The number of furan rings is 1. The highest BCUT2D eigenvalue weighted by Crippen LogP contribution is 2.25. The van der Waals surface area contributed by atoms with Crippen molar-refractivity contribution in [2.45, 2.75) is 19.5 Å². The number of hydrogen-bond acceptors (Lipinski definition) is 7. The van der Waals surface area contributed by atoms with Gasteiger partial charge in [-0.3, -0.25) is 9.59 Å². The number of nitrogens with zero attached hydrogens (tertiary/aromatic N) is 5. The van der Waals surface area contributed by atoms with Crippen molar-refractivity contribution >= 4 is 34.4 Å². The van der Waals surface area contributed by atoms with Crippen LogP contribution in [-0.4, -0.2) is 44.7 Å². The van der Waals surface area contributed by atoms with Gasteiger partial charge >= 0.3 is 0 Å². The van der Waals surface area contributed by atoms with E-state index < -0.39 is 0 Å². The van der Waals surface area contributed by atoms with Crippen LogP contribution in [-0.2, 0) is 22.7 Å². The van der Waals surface area contributed by atoms with Crippen LogP contribution in [0.2, 0.25) is 0 Å². The molecule has 0 bridgehead atoms. The summed E-state index contributed by atoms with van der Waals surface area (Å²) in [7, 11) is 0. The number of anilines is 2. The van der Waals surface area contributed by atoms with Gasteiger partial charge in [-0.15, -0.1) is 0 Å². The van der Waals surface area contributed by atoms with Gasteiger partial charge in [0.05, 0.1) is 36.9 Å². The van der Waals surface area contributed by atoms with Gasteiger partial charge in [0.1, 0.15) is 17.9 Å². The first-order valence-corrected chi connectivity index (χ1v) is 10.7. The Hall–Kier alpha value is -4.21. The van der Waals surface area contributed by atoms with Crippen molar-refractivity contribution in [3.05, 3.63) is 67.0 Å². The first kappa shape index (κ1) is 20.7. The van der Waals surface area contributed by atoms with E-state index >= 15 is 0 Å². The van der Waals surface area contributed by atoms with Crippen molar-refractivity contribution in [3.8, 4) is 0 Å². The average molecular weight is 445 g/mol. The number of carbonyl (C=O) groups is 2. The molecule has 0 aliphatic carbocycles. The SMILES string of the molecule is O=C(NCCn1ncc2c(NCc3ccco3)ncnc21)C1CC(=O)N(c2ccccc2)C1. The molecule has 4 heterocycles. The standard InChI is InChI=1S/C23H23N7O3/c31-20-11-16(14-29(20)17-5-2-1-3-6-17)23(32)24-8-9-30-22-19(13-28-30)21(26-15-27-22)25-12-18-7-4-10-33-18/h1-7,10,13,15-16H,8-9,11-12,14H2,(H,24,32)(H,25,26,27). The highest BCUT2D eigenvalue weighted by atomic mass is 16.3. The van der Waals surface area contributed by atoms with E-state index in [2.05, 4.69) is 25.7 Å². The van der Waals surface area contributed by atoms with Crippen LogP contribution in [0.1, 0.15) is 12.2 Å². The number of aromatic nitrogens is 4. The molecule has 1 aliphatic heterocycles. The van der Waals surface area contributed by atoms with Crippen molar-refractivity contribution < 1.29 is 14.0 Å². The summed E-state index contributed by atoms with van der Waals surface area (Å²) in [5.41, 5.74) is 1.49. The van der Waals surface area contributed by atoms with Gasteiger partial charge in [-0.05, 0) is 24.3 Å². The van der Waals surface area contributed by atoms with Gasteiger partial charge in [0.2, 0.25) is 11.8 Å². The van der Waals surface area contributed by atoms with Crippen molar-refractivity contribution in [3.63, 3.8) is 0 Å². The van der Waals surface area contributed by atoms with E-state index in [4.69, 9.17) is 4.42 Å². The second-order valence-corrected chi connectivity index (χ2v) is 7.79. The number of rotatable bonds is 8. The van der Waals surface area contributed by atoms with E-state index in [-0.39, 0.29) is 24.2 Å². The molecular weight excluding hydrogens is 422 g/mol. The molecule has 168 valence electrons. The molecule has 10 nitrogen and oxygen atoms in total. The predicted octanol–water partition coefficient (Wildman–Crippen LogP) is 2.20. The quantitative estimate of drug-likeness (QED) is 0.427. The third-order valence-corrected chi connectivity index (χ3v) is 5.63. The van der Waals surface area contributed by atoms with E-state index in [1.807, 2.05) is 42.5 Å². The van der Waals surface area contributed by atoms with Gasteiger partial charge < -0.3 is 20.0 Å². The number of carbonyl (C=O) groups excluding carboxylic acids is 2. The lowest BCUT2D eigenvalue weighted by molar-refractivity contribution is -0.126. The summed E-state index contributed by atoms with van der Waals surface area (Å²) in [4.78, 5) is 35.3. The van der Waals surface area contributed by atoms with Crippen molar-refractivity contribution in [1.82, 2.24) is 25.1 Å². The molecule has 5 rings (SSSR count). The Bertz CT molecular complexity index is 1250. The number of nitrogens with one attached hydrogen (secondary N) is 2. The second-order valence-electron chi connectivity index (χ2n) is 7.79. The summed E-state index contributed by atoms with van der Waals surface area (Å²) in [6.07, 6.45) is 5.02. The Morgan fingerprint density at radius 3 is 2.85 bits per heavy atom. The molecule has 33 heavy (non-hydrogen) atoms. The maximum Gasteiger partial charge on any atom is 0.227 e. The minimum absolute atomic E-state index is 0.0364. The highest BCUT2D eigenvalue weighted by molar-refractivity contribution is 6.00. The zero-order valence-corrected chi connectivity index (χ0v) is 17.8. The number of para-hydroxylation sites is 1. The van der Waals surface area contributed by atoms with Crippen LogP contribution in [0.5, 0.6) is 0 Å². The molecule has 4 aromatic rings. The molecule has 1 saturated heterocycles. The van der Waals surface area contributed by atoms with Crippen LogP contribution >= 0.6 is 0 Å². The number of fused-ring (bicyclic) bond motifs is 1. The van der Waals surface area contributed by atoms with Crippen molar-refractivity contribution in [1.29, 1.82) is 0 Å². The molecule has 2 N–H and O–H groups in total. The summed E-state index contributed by atoms with van der Waals surface area (Å²) in [6.45, 7) is 1.72. The van der Waals surface area contributed by atoms with Crippen LogP contribution in [0.25, 0.3) is 11.0 Å². The van der Waals surface area contributed by atoms with Gasteiger partial charge in [0.25, 0.3) is 0 Å². The molecule has 3 aromatic heterocycles. The molecule has 2 amide bonds. The fourth-order valence-electron chi connectivity index (χ4n) is 3.95. The molecule has 0 saturated carbocycles. The van der Waals surface area contributed by atoms with Crippen LogP contribution in [0.3, 0.4) is 0 Å². The zero-order valence-electron chi connectivity index (χ0n) is 17.8. The van der Waals surface area contributed by atoms with Gasteiger partial charge in [-0.25, -0.2) is 14.6 Å². The molecule has 10 heteroatoms. The van der Waals surface area contributed by atoms with Crippen LogP contribution in [0, 0.1) is 5.92 Å². The summed E-state index contributed by atoms with van der Waals surface area (Å²) in [5.74, 6) is 0.927. The molecule has 1 aliphatic rings. The lowest BCUT2D eigenvalue weighted by Gasteiger charge is -2.16. The molecule has 1 unspecified atom stereocenters. The Morgan fingerprint density at radius 1 is 1.15 bits per heavy atom. The third-order valence-electron chi connectivity index (χ3n) is 5.63. The Balaban J connectivity index is 1.17. The maximum absolute atomic E-state index is 12.6. The maximum atomic E-state index is 12.6. The molecule has 0 radical (unpaired) electrons. The van der Waals surface area contributed by atoms with Gasteiger partial charge in [-0.1, -0.05) is 18.2 Å². The van der Waals surface area contributed by atoms with Gasteiger partial charge in [0.15, 0.2) is 5.65 Å². The predicted molar refractivity (Wildman–Crippen MR) is 121 cm³/mol. The average Bonchev–Trinajstić information content (AvgIpc) is 3.59. The van der Waals surface area contributed by atoms with E-state index in [9.17, 15) is 9.59 Å². The number of hydrogen-bond donors (Lipinski definition) is 2. The first-order valence-electron chi connectivity index (χ1n) is 10.7. The highest BCUT2D eigenvalue weighted by Gasteiger charge is 2.34. The monoisotopic (exact) mass is 445 g/mol. The first-order chi connectivity index (χ1) is 16.2. The summed E-state index contributed by atoms with van der Waals surface area (Å²) >= 11 is 0. The number of benzene rings is 1. The van der Waals surface area contributed by atoms with Crippen molar-refractivity contribution in [2.75, 3.05) is 23.3 Å². The van der Waals surface area contributed by atoms with E-state index in [0.717, 1.165) is 16.8 Å². The van der Waals surface area contributed by atoms with Gasteiger partial charge in [0, 0.05) is 25.2 Å². The molecule has 0 spiro atoms. The topological polar surface area (TPSA) is 118 Å². The molecule has 1 atom stereocenters. The normalized spacial score (nSPS) is 15.8. The van der Waals surface area contributed by atoms with Crippen LogP contribution in [0.15, 0.2) is 65.7 Å². The summed E-state index contributed by atoms with van der Waals surface area (Å²) in [5, 5.41) is 11.3. The lowest BCUT2D eigenvalue weighted by atomic mass is 10.1. The molecular formula is C23H23N7O3. The smallest absolute Gasteiger partial charge is 0.227 e. The summed E-state index contributed by atoms with van der Waals surface area (Å²) in [6, 6.07) is 13.1. The van der Waals surface area contributed by atoms with Crippen molar-refractivity contribution in [2.24, 2.45) is 5.92 Å². The van der Waals surface area contributed by atoms with E-state index in [0.29, 0.717) is 37.6 Å².